The maximum atomic E-state index is 4.81. The highest BCUT2D eigenvalue weighted by atomic mass is 32.1. The van der Waals surface area contributed by atoms with Crippen LogP contribution < -0.4 is 10.2 Å². The van der Waals surface area contributed by atoms with E-state index in [1.54, 1.807) is 0 Å². The maximum absolute atomic E-state index is 4.81. The van der Waals surface area contributed by atoms with Crippen LogP contribution in [0.2, 0.25) is 0 Å². The van der Waals surface area contributed by atoms with E-state index in [1.165, 1.54) is 16.0 Å². The summed E-state index contributed by atoms with van der Waals surface area (Å²) < 4.78 is 0. The van der Waals surface area contributed by atoms with Gasteiger partial charge in [0.1, 0.15) is 5.82 Å². The van der Waals surface area contributed by atoms with Crippen LogP contribution in [0, 0.1) is 6.92 Å². The summed E-state index contributed by atoms with van der Waals surface area (Å²) in [5.74, 6) is 1.10. The first-order valence-corrected chi connectivity index (χ1v) is 8.02. The molecule has 0 aliphatic carbocycles. The summed E-state index contributed by atoms with van der Waals surface area (Å²) in [5, 5.41) is 5.40. The van der Waals surface area contributed by atoms with Crippen molar-refractivity contribution >= 4 is 17.2 Å². The number of nitrogens with zero attached hydrogens (tertiary/aromatic N) is 2. The van der Waals surface area contributed by atoms with Gasteiger partial charge in [-0.2, -0.15) is 0 Å². The van der Waals surface area contributed by atoms with Crippen LogP contribution in [-0.4, -0.2) is 18.6 Å². The number of hydrogen-bond acceptors (Lipinski definition) is 4. The van der Waals surface area contributed by atoms with Crippen molar-refractivity contribution in [1.29, 1.82) is 0 Å². The molecule has 0 aromatic carbocycles. The quantitative estimate of drug-likeness (QED) is 0.939. The van der Waals surface area contributed by atoms with Crippen LogP contribution in [0.3, 0.4) is 0 Å². The first-order chi connectivity index (χ1) is 9.70. The zero-order valence-electron chi connectivity index (χ0n) is 12.3. The normalized spacial score (nSPS) is 18.1. The molecule has 106 valence electrons. The third-order valence-corrected chi connectivity index (χ3v) is 5.12. The predicted octanol–water partition coefficient (Wildman–Crippen LogP) is 3.29. The van der Waals surface area contributed by atoms with Crippen LogP contribution in [0.5, 0.6) is 0 Å². The highest BCUT2D eigenvalue weighted by Crippen LogP contribution is 2.35. The molecular weight excluding hydrogens is 266 g/mol. The van der Waals surface area contributed by atoms with E-state index in [4.69, 9.17) is 4.98 Å². The Morgan fingerprint density at radius 2 is 2.25 bits per heavy atom. The van der Waals surface area contributed by atoms with Gasteiger partial charge in [-0.1, -0.05) is 6.07 Å². The Bertz CT molecular complexity index is 606. The van der Waals surface area contributed by atoms with Crippen molar-refractivity contribution in [3.63, 3.8) is 0 Å². The highest BCUT2D eigenvalue weighted by Gasteiger charge is 2.25. The first-order valence-electron chi connectivity index (χ1n) is 7.14. The van der Waals surface area contributed by atoms with Crippen LogP contribution >= 0.6 is 11.3 Å². The third-order valence-electron chi connectivity index (χ3n) is 4.12. The molecule has 0 saturated heterocycles. The van der Waals surface area contributed by atoms with Crippen LogP contribution in [0.25, 0.3) is 0 Å². The largest absolute Gasteiger partial charge is 0.349 e. The number of fused-ring (bicyclic) bond motifs is 1. The average Bonchev–Trinajstić information content (AvgIpc) is 2.91. The monoisotopic (exact) mass is 287 g/mol. The number of aryl methyl sites for hydroxylation is 1. The van der Waals surface area contributed by atoms with E-state index >= 15 is 0 Å². The standard InChI is InChI=1S/C16H21N3S/c1-11-13(10-17-3)4-5-16(18-11)19-8-6-15-14(12(19)2)7-9-20-15/h4-5,7,9,12,17H,6,8,10H2,1-3H3. The lowest BCUT2D eigenvalue weighted by atomic mass is 10.0. The van der Waals surface area contributed by atoms with Crippen molar-refractivity contribution in [3.05, 3.63) is 45.3 Å². The van der Waals surface area contributed by atoms with E-state index in [0.717, 1.165) is 31.0 Å². The van der Waals surface area contributed by atoms with Crippen molar-refractivity contribution in [1.82, 2.24) is 10.3 Å². The van der Waals surface area contributed by atoms with Gasteiger partial charge in [0.05, 0.1) is 6.04 Å². The number of anilines is 1. The second-order valence-corrected chi connectivity index (χ2v) is 6.36. The number of aromatic nitrogens is 1. The molecule has 3 heterocycles. The van der Waals surface area contributed by atoms with Crippen LogP contribution in [0.4, 0.5) is 5.82 Å². The molecule has 1 aliphatic heterocycles. The molecule has 2 aromatic rings. The maximum Gasteiger partial charge on any atom is 0.129 e. The van der Waals surface area contributed by atoms with Gasteiger partial charge in [0.2, 0.25) is 0 Å². The lowest BCUT2D eigenvalue weighted by Crippen LogP contribution is -2.33. The molecule has 0 bridgehead atoms. The summed E-state index contributed by atoms with van der Waals surface area (Å²) in [5.41, 5.74) is 3.87. The minimum absolute atomic E-state index is 0.423. The predicted molar refractivity (Wildman–Crippen MR) is 85.5 cm³/mol. The molecule has 2 aromatic heterocycles. The SMILES string of the molecule is CNCc1ccc(N2CCc3sccc3C2C)nc1C. The van der Waals surface area contributed by atoms with E-state index in [2.05, 4.69) is 47.6 Å². The molecule has 0 fully saturated rings. The summed E-state index contributed by atoms with van der Waals surface area (Å²) in [7, 11) is 1.97. The molecule has 0 spiro atoms. The van der Waals surface area contributed by atoms with E-state index in [9.17, 15) is 0 Å². The van der Waals surface area contributed by atoms with Gasteiger partial charge >= 0.3 is 0 Å². The zero-order chi connectivity index (χ0) is 14.1. The van der Waals surface area contributed by atoms with Gasteiger partial charge in [-0.15, -0.1) is 11.3 Å². The molecule has 1 N–H and O–H groups in total. The molecule has 1 unspecified atom stereocenters. The molecule has 1 atom stereocenters. The Kier molecular flexibility index (Phi) is 3.76. The Morgan fingerprint density at radius 1 is 1.40 bits per heavy atom. The fourth-order valence-corrected chi connectivity index (χ4v) is 3.90. The zero-order valence-corrected chi connectivity index (χ0v) is 13.1. The fourth-order valence-electron chi connectivity index (χ4n) is 2.94. The van der Waals surface area contributed by atoms with Gasteiger partial charge < -0.3 is 10.2 Å². The van der Waals surface area contributed by atoms with Gasteiger partial charge in [-0.3, -0.25) is 0 Å². The Labute approximate surface area is 124 Å². The molecule has 0 saturated carbocycles. The molecule has 0 amide bonds. The Hall–Kier alpha value is -1.39. The van der Waals surface area contributed by atoms with E-state index in [0.29, 0.717) is 6.04 Å². The fraction of sp³-hybridized carbons (Fsp3) is 0.438. The van der Waals surface area contributed by atoms with Crippen molar-refractivity contribution in [2.75, 3.05) is 18.5 Å². The van der Waals surface area contributed by atoms with Crippen molar-refractivity contribution in [2.24, 2.45) is 0 Å². The van der Waals surface area contributed by atoms with Crippen molar-refractivity contribution in [3.8, 4) is 0 Å². The molecule has 3 rings (SSSR count). The van der Waals surface area contributed by atoms with Gasteiger partial charge in [0.25, 0.3) is 0 Å². The van der Waals surface area contributed by atoms with Crippen molar-refractivity contribution in [2.45, 2.75) is 32.9 Å². The number of thiophene rings is 1. The minimum Gasteiger partial charge on any atom is -0.349 e. The van der Waals surface area contributed by atoms with Crippen LogP contribution in [-0.2, 0) is 13.0 Å². The van der Waals surface area contributed by atoms with Gasteiger partial charge in [-0.25, -0.2) is 4.98 Å². The lowest BCUT2D eigenvalue weighted by Gasteiger charge is -2.35. The summed E-state index contributed by atoms with van der Waals surface area (Å²) in [6, 6.07) is 7.04. The van der Waals surface area contributed by atoms with E-state index in [1.807, 2.05) is 18.4 Å². The molecule has 3 nitrogen and oxygen atoms in total. The summed E-state index contributed by atoms with van der Waals surface area (Å²) >= 11 is 1.88. The highest BCUT2D eigenvalue weighted by molar-refractivity contribution is 7.10. The third kappa shape index (κ3) is 2.34. The lowest BCUT2D eigenvalue weighted by molar-refractivity contribution is 0.623. The van der Waals surface area contributed by atoms with Crippen LogP contribution in [0.15, 0.2) is 23.6 Å². The van der Waals surface area contributed by atoms with Crippen LogP contribution in [0.1, 0.15) is 34.7 Å². The number of rotatable bonds is 3. The van der Waals surface area contributed by atoms with E-state index < -0.39 is 0 Å². The minimum atomic E-state index is 0.423. The Balaban J connectivity index is 1.89. The number of hydrogen-bond donors (Lipinski definition) is 1. The molecule has 1 aliphatic rings. The first kappa shape index (κ1) is 13.6. The summed E-state index contributed by atoms with van der Waals surface area (Å²) in [6.45, 7) is 6.32. The number of pyridine rings is 1. The van der Waals surface area contributed by atoms with Gasteiger partial charge in [0, 0.05) is 23.7 Å². The van der Waals surface area contributed by atoms with E-state index in [-0.39, 0.29) is 0 Å². The van der Waals surface area contributed by atoms with Gasteiger partial charge in [0.15, 0.2) is 0 Å². The molecule has 0 radical (unpaired) electrons. The summed E-state index contributed by atoms with van der Waals surface area (Å²) in [6.07, 6.45) is 1.14. The average molecular weight is 287 g/mol. The molecule has 4 heteroatoms. The van der Waals surface area contributed by atoms with Crippen molar-refractivity contribution < 1.29 is 0 Å². The summed E-state index contributed by atoms with van der Waals surface area (Å²) in [4.78, 5) is 8.77. The number of nitrogens with one attached hydrogen (secondary N) is 1. The second kappa shape index (κ2) is 5.54. The molecule has 20 heavy (non-hydrogen) atoms. The smallest absolute Gasteiger partial charge is 0.129 e. The second-order valence-electron chi connectivity index (χ2n) is 5.36. The Morgan fingerprint density at radius 3 is 3.00 bits per heavy atom. The molecular formula is C16H21N3S. The van der Waals surface area contributed by atoms with Gasteiger partial charge in [-0.05, 0) is 56.0 Å². The topological polar surface area (TPSA) is 28.2 Å².